The molecule has 0 amide bonds. The highest BCUT2D eigenvalue weighted by Gasteiger charge is 2.41. The van der Waals surface area contributed by atoms with Gasteiger partial charge >= 0.3 is 0 Å². The summed E-state index contributed by atoms with van der Waals surface area (Å²) in [5.41, 5.74) is 5.83. The molecule has 3 heterocycles. The summed E-state index contributed by atoms with van der Waals surface area (Å²) in [6.45, 7) is 0.499. The average molecular weight is 391 g/mol. The number of nitrogens with zero attached hydrogens (tertiary/aromatic N) is 1. The van der Waals surface area contributed by atoms with Gasteiger partial charge in [-0.05, 0) is 42.7 Å². The number of thiocarbonyl (C=S) groups is 1. The smallest absolute Gasteiger partial charge is 0.115 e. The number of alkyl halides is 1. The van der Waals surface area contributed by atoms with E-state index in [1.54, 1.807) is 0 Å². The molecule has 1 saturated heterocycles. The van der Waals surface area contributed by atoms with Crippen LogP contribution in [0.5, 0.6) is 0 Å². The second-order valence-corrected chi connectivity index (χ2v) is 8.94. The molecule has 4 atom stereocenters. The van der Waals surface area contributed by atoms with Crippen LogP contribution >= 0.6 is 47.3 Å². The first-order chi connectivity index (χ1) is 10.6. The van der Waals surface area contributed by atoms with E-state index in [2.05, 4.69) is 22.4 Å². The zero-order chi connectivity index (χ0) is 15.3. The normalized spacial score (nSPS) is 31.5. The van der Waals surface area contributed by atoms with Crippen LogP contribution in [0.15, 0.2) is 17.5 Å². The fraction of sp³-hybridized carbons (Fsp3) is 0.562. The maximum Gasteiger partial charge on any atom is 0.115 e. The van der Waals surface area contributed by atoms with Crippen molar-refractivity contribution in [3.05, 3.63) is 22.4 Å². The van der Waals surface area contributed by atoms with E-state index in [0.717, 1.165) is 12.8 Å². The molecular weight excluding hydrogens is 371 g/mol. The van der Waals surface area contributed by atoms with E-state index in [1.165, 1.54) is 20.7 Å². The summed E-state index contributed by atoms with van der Waals surface area (Å²) < 4.78 is 16.6. The Bertz CT molecular complexity index is 672. The first-order valence-electron chi connectivity index (χ1n) is 7.78. The third-order valence-corrected chi connectivity index (χ3v) is 7.58. The Kier molecular flexibility index (Phi) is 5.28. The third-order valence-electron chi connectivity index (χ3n) is 5.05. The fourth-order valence-electron chi connectivity index (χ4n) is 3.99. The van der Waals surface area contributed by atoms with Gasteiger partial charge < -0.3 is 5.73 Å². The second kappa shape index (κ2) is 6.92. The molecule has 0 spiro atoms. The Morgan fingerprint density at radius 2 is 2.13 bits per heavy atom. The van der Waals surface area contributed by atoms with E-state index in [1.807, 2.05) is 22.7 Å². The van der Waals surface area contributed by atoms with Crippen molar-refractivity contribution in [1.29, 1.82) is 0 Å². The molecule has 1 aliphatic carbocycles. The summed E-state index contributed by atoms with van der Waals surface area (Å²) in [6, 6.07) is 4.94. The number of hydrogen-bond acceptors (Lipinski definition) is 4. The van der Waals surface area contributed by atoms with Crippen LogP contribution in [0.1, 0.15) is 36.5 Å². The van der Waals surface area contributed by atoms with E-state index in [9.17, 15) is 4.39 Å². The van der Waals surface area contributed by atoms with Crippen molar-refractivity contribution in [3.8, 4) is 0 Å². The van der Waals surface area contributed by atoms with Gasteiger partial charge in [-0.15, -0.1) is 35.1 Å². The van der Waals surface area contributed by atoms with Crippen LogP contribution in [-0.2, 0) is 0 Å². The van der Waals surface area contributed by atoms with Gasteiger partial charge in [0.1, 0.15) is 6.17 Å². The van der Waals surface area contributed by atoms with Crippen LogP contribution in [0.4, 0.5) is 4.39 Å². The number of thiophene rings is 2. The molecule has 7 heteroatoms. The quantitative estimate of drug-likeness (QED) is 0.769. The number of rotatable bonds is 3. The van der Waals surface area contributed by atoms with Crippen molar-refractivity contribution in [1.82, 2.24) is 4.90 Å². The number of nitrogens with two attached hydrogens (primary N) is 1. The Morgan fingerprint density at radius 1 is 1.30 bits per heavy atom. The highest BCUT2D eigenvalue weighted by Crippen LogP contribution is 2.44. The first-order valence-corrected chi connectivity index (χ1v) is 9.88. The Morgan fingerprint density at radius 3 is 2.87 bits per heavy atom. The van der Waals surface area contributed by atoms with Crippen molar-refractivity contribution in [3.63, 3.8) is 0 Å². The predicted molar refractivity (Wildman–Crippen MR) is 104 cm³/mol. The van der Waals surface area contributed by atoms with E-state index in [0.29, 0.717) is 29.9 Å². The second-order valence-electron chi connectivity index (χ2n) is 6.41. The van der Waals surface area contributed by atoms with Crippen LogP contribution < -0.4 is 5.73 Å². The standard InChI is InChI=1S/C16H19FN2S3.ClH/c17-10-6-12(16(18)20)19(8-10)11-2-1-9(5-11)14-7-15-13(22-14)3-4-21-15;/h3-4,7,9-12H,1-2,5-6,8H2,(H2,18,20);1H/t9?,10-,11?,12+;/m1./s1. The van der Waals surface area contributed by atoms with Gasteiger partial charge in [-0.2, -0.15) is 0 Å². The molecular formula is C16H20ClFN2S3. The minimum Gasteiger partial charge on any atom is -0.392 e. The summed E-state index contributed by atoms with van der Waals surface area (Å²) in [5, 5.41) is 2.15. The van der Waals surface area contributed by atoms with E-state index < -0.39 is 6.17 Å². The summed E-state index contributed by atoms with van der Waals surface area (Å²) in [6.07, 6.45) is 3.13. The predicted octanol–water partition coefficient (Wildman–Crippen LogP) is 4.72. The van der Waals surface area contributed by atoms with Crippen LogP contribution in [0.25, 0.3) is 9.40 Å². The Hall–Kier alpha value is -0.270. The number of hydrogen-bond donors (Lipinski definition) is 1. The van der Waals surface area contributed by atoms with Gasteiger partial charge in [0, 0.05) is 33.3 Å². The van der Waals surface area contributed by atoms with Crippen molar-refractivity contribution >= 4 is 61.7 Å². The van der Waals surface area contributed by atoms with Crippen molar-refractivity contribution < 1.29 is 4.39 Å². The fourth-order valence-corrected chi connectivity index (χ4v) is 6.49. The molecule has 1 saturated carbocycles. The van der Waals surface area contributed by atoms with E-state index in [-0.39, 0.29) is 18.4 Å². The highest BCUT2D eigenvalue weighted by atomic mass is 35.5. The lowest BCUT2D eigenvalue weighted by Gasteiger charge is -2.29. The molecule has 0 radical (unpaired) electrons. The van der Waals surface area contributed by atoms with Gasteiger partial charge in [-0.1, -0.05) is 12.2 Å². The highest BCUT2D eigenvalue weighted by molar-refractivity contribution is 7.80. The zero-order valence-electron chi connectivity index (χ0n) is 12.6. The van der Waals surface area contributed by atoms with Gasteiger partial charge in [0.2, 0.25) is 0 Å². The maximum absolute atomic E-state index is 13.8. The molecule has 4 rings (SSSR count). The van der Waals surface area contributed by atoms with Crippen molar-refractivity contribution in [2.24, 2.45) is 5.73 Å². The zero-order valence-corrected chi connectivity index (χ0v) is 15.9. The molecule has 1 aliphatic heterocycles. The van der Waals surface area contributed by atoms with Gasteiger partial charge in [0.25, 0.3) is 0 Å². The molecule has 2 fully saturated rings. The molecule has 2 aliphatic rings. The lowest BCUT2D eigenvalue weighted by molar-refractivity contribution is 0.203. The lowest BCUT2D eigenvalue weighted by atomic mass is 10.1. The molecule has 0 bridgehead atoms. The lowest BCUT2D eigenvalue weighted by Crippen LogP contribution is -2.44. The monoisotopic (exact) mass is 390 g/mol. The van der Waals surface area contributed by atoms with Crippen LogP contribution in [-0.4, -0.2) is 34.7 Å². The molecule has 126 valence electrons. The maximum atomic E-state index is 13.8. The van der Waals surface area contributed by atoms with Gasteiger partial charge in [-0.25, -0.2) is 4.39 Å². The van der Waals surface area contributed by atoms with Crippen molar-refractivity contribution in [2.75, 3.05) is 6.54 Å². The van der Waals surface area contributed by atoms with E-state index >= 15 is 0 Å². The van der Waals surface area contributed by atoms with Gasteiger partial charge in [0.15, 0.2) is 0 Å². The van der Waals surface area contributed by atoms with E-state index in [4.69, 9.17) is 18.0 Å². The Labute approximate surface area is 155 Å². The molecule has 2 aromatic heterocycles. The molecule has 2 aromatic rings. The minimum absolute atomic E-state index is 0. The third kappa shape index (κ3) is 3.29. The van der Waals surface area contributed by atoms with Gasteiger partial charge in [0.05, 0.1) is 11.0 Å². The SMILES string of the molecule is Cl.NC(=S)[C@@H]1C[C@@H](F)CN1C1CCC(c2cc3sccc3s2)C1. The molecule has 2 unspecified atom stereocenters. The average Bonchev–Trinajstić information content (AvgIpc) is 3.19. The molecule has 23 heavy (non-hydrogen) atoms. The molecule has 0 aromatic carbocycles. The van der Waals surface area contributed by atoms with Crippen LogP contribution in [0, 0.1) is 0 Å². The molecule has 2 nitrogen and oxygen atoms in total. The first kappa shape index (κ1) is 17.5. The number of fused-ring (bicyclic) bond motifs is 1. The largest absolute Gasteiger partial charge is 0.392 e. The summed E-state index contributed by atoms with van der Waals surface area (Å²) >= 11 is 8.88. The van der Waals surface area contributed by atoms with Gasteiger partial charge in [-0.3, -0.25) is 4.90 Å². The minimum atomic E-state index is -0.780. The van der Waals surface area contributed by atoms with Crippen LogP contribution in [0.2, 0.25) is 0 Å². The summed E-state index contributed by atoms with van der Waals surface area (Å²) in [5.74, 6) is 0.611. The molecule has 2 N–H and O–H groups in total. The Balaban J connectivity index is 0.00000156. The summed E-state index contributed by atoms with van der Waals surface area (Å²) in [4.78, 5) is 4.19. The number of halogens is 2. The van der Waals surface area contributed by atoms with Crippen LogP contribution in [0.3, 0.4) is 0 Å². The van der Waals surface area contributed by atoms with Crippen molar-refractivity contribution in [2.45, 2.75) is 49.9 Å². The summed E-state index contributed by atoms with van der Waals surface area (Å²) in [7, 11) is 0. The topological polar surface area (TPSA) is 29.3 Å². The number of likely N-dealkylation sites (tertiary alicyclic amines) is 1.